The van der Waals surface area contributed by atoms with Gasteiger partial charge in [0, 0.05) is 54.2 Å². The smallest absolute Gasteiger partial charge is 0.211 e. The summed E-state index contributed by atoms with van der Waals surface area (Å²) >= 11 is 0. The number of nitriles is 1. The maximum atomic E-state index is 11.9. The number of fused-ring (bicyclic) bond motifs is 2. The first-order valence-electron chi connectivity index (χ1n) is 8.99. The Bertz CT molecular complexity index is 1390. The third kappa shape index (κ3) is 2.62. The maximum absolute atomic E-state index is 11.9. The number of nitrogens with one attached hydrogen (secondary N) is 1. The van der Waals surface area contributed by atoms with E-state index in [0.29, 0.717) is 0 Å². The Hall–Kier alpha value is -3.29. The van der Waals surface area contributed by atoms with Gasteiger partial charge < -0.3 is 9.55 Å². The van der Waals surface area contributed by atoms with Crippen molar-refractivity contribution in [1.29, 1.82) is 5.26 Å². The van der Waals surface area contributed by atoms with Crippen LogP contribution in [0.4, 0.5) is 0 Å². The van der Waals surface area contributed by atoms with E-state index < -0.39 is 15.6 Å². The number of H-pyrrole nitrogens is 1. The molecular weight excluding hydrogens is 390 g/mol. The maximum Gasteiger partial charge on any atom is 0.211 e. The molecule has 9 nitrogen and oxygen atoms in total. The molecule has 0 atom stereocenters. The number of nitrogens with zero attached hydrogens (tertiary/aromatic N) is 6. The molecule has 1 fully saturated rings. The van der Waals surface area contributed by atoms with Crippen LogP contribution in [0.2, 0.25) is 0 Å². The fourth-order valence-electron chi connectivity index (χ4n) is 4.08. The zero-order valence-corrected chi connectivity index (χ0v) is 16.4. The Morgan fingerprint density at radius 3 is 2.86 bits per heavy atom. The predicted molar refractivity (Wildman–Crippen MR) is 107 cm³/mol. The van der Waals surface area contributed by atoms with E-state index in [1.807, 2.05) is 29.1 Å². The van der Waals surface area contributed by atoms with Crippen LogP contribution in [0.25, 0.3) is 33.2 Å². The van der Waals surface area contributed by atoms with Gasteiger partial charge in [0.1, 0.15) is 12.0 Å². The minimum atomic E-state index is -3.31. The van der Waals surface area contributed by atoms with Crippen LogP contribution in [-0.2, 0) is 15.6 Å². The summed E-state index contributed by atoms with van der Waals surface area (Å²) in [5, 5.41) is 11.2. The molecule has 1 N–H and O–H groups in total. The Balaban J connectivity index is 1.73. The third-order valence-electron chi connectivity index (χ3n) is 5.54. The molecule has 29 heavy (non-hydrogen) atoms. The number of aromatic nitrogens is 5. The van der Waals surface area contributed by atoms with Gasteiger partial charge in [0.15, 0.2) is 0 Å². The van der Waals surface area contributed by atoms with E-state index in [-0.39, 0.29) is 19.5 Å². The Morgan fingerprint density at radius 2 is 2.10 bits per heavy atom. The number of aromatic amines is 1. The van der Waals surface area contributed by atoms with Gasteiger partial charge in [-0.25, -0.2) is 18.4 Å². The fourth-order valence-corrected chi connectivity index (χ4v) is 5.03. The van der Waals surface area contributed by atoms with E-state index in [4.69, 9.17) is 0 Å². The molecule has 0 bridgehead atoms. The van der Waals surface area contributed by atoms with Crippen molar-refractivity contribution in [2.24, 2.45) is 0 Å². The molecule has 5 heterocycles. The van der Waals surface area contributed by atoms with Crippen molar-refractivity contribution < 1.29 is 8.42 Å². The second-order valence-electron chi connectivity index (χ2n) is 7.36. The van der Waals surface area contributed by atoms with Gasteiger partial charge in [0.2, 0.25) is 10.0 Å². The average Bonchev–Trinajstić information content (AvgIpc) is 3.28. The number of rotatable bonds is 4. The molecule has 10 heteroatoms. The average molecular weight is 407 g/mol. The molecule has 5 rings (SSSR count). The third-order valence-corrected chi connectivity index (χ3v) is 6.74. The molecule has 0 aromatic carbocycles. The highest BCUT2D eigenvalue weighted by atomic mass is 32.2. The molecule has 0 aliphatic carbocycles. The van der Waals surface area contributed by atoms with Gasteiger partial charge in [-0.2, -0.15) is 9.57 Å². The van der Waals surface area contributed by atoms with Crippen molar-refractivity contribution in [3.8, 4) is 17.3 Å². The topological polar surface area (TPSA) is 121 Å². The molecule has 1 aliphatic rings. The highest BCUT2D eigenvalue weighted by molar-refractivity contribution is 7.88. The molecule has 146 valence electrons. The second-order valence-corrected chi connectivity index (χ2v) is 9.34. The van der Waals surface area contributed by atoms with Gasteiger partial charge in [0.25, 0.3) is 0 Å². The van der Waals surface area contributed by atoms with Crippen LogP contribution in [0, 0.1) is 11.3 Å². The summed E-state index contributed by atoms with van der Waals surface area (Å²) in [5.74, 6) is 0. The van der Waals surface area contributed by atoms with Crippen molar-refractivity contribution >= 4 is 32.0 Å². The van der Waals surface area contributed by atoms with E-state index in [1.54, 1.807) is 12.4 Å². The van der Waals surface area contributed by atoms with Crippen molar-refractivity contribution in [2.75, 3.05) is 19.3 Å². The number of sulfonamides is 1. The van der Waals surface area contributed by atoms with Gasteiger partial charge in [-0.05, 0) is 12.1 Å². The predicted octanol–water partition coefficient (Wildman–Crippen LogP) is 1.86. The molecule has 4 aromatic rings. The zero-order chi connectivity index (χ0) is 20.2. The first kappa shape index (κ1) is 17.8. The summed E-state index contributed by atoms with van der Waals surface area (Å²) in [4.78, 5) is 16.1. The lowest BCUT2D eigenvalue weighted by Crippen LogP contribution is -2.63. The normalized spacial score (nSPS) is 16.7. The van der Waals surface area contributed by atoms with Crippen molar-refractivity contribution in [1.82, 2.24) is 28.8 Å². The molecule has 0 unspecified atom stereocenters. The van der Waals surface area contributed by atoms with Crippen LogP contribution < -0.4 is 0 Å². The molecular formula is C19H17N7O2S. The summed E-state index contributed by atoms with van der Waals surface area (Å²) in [6, 6.07) is 6.04. The lowest BCUT2D eigenvalue weighted by molar-refractivity contribution is 0.0898. The fraction of sp³-hybridized carbons (Fsp3) is 0.263. The monoisotopic (exact) mass is 407 g/mol. The highest BCUT2D eigenvalue weighted by Gasteiger charge is 2.49. The van der Waals surface area contributed by atoms with Crippen molar-refractivity contribution in [3.63, 3.8) is 0 Å². The standard InChI is InChI=1S/C19H17N7O2S/c1-29(27,28)25-10-19(11-25,4-5-20)26-9-15(14-8-21-6-3-16(14)26)17-13-2-7-22-18(13)24-12-23-17/h2-3,6-9,12H,4,10-11H2,1H3,(H,22,23,24). The number of hydrogen-bond donors (Lipinski definition) is 1. The summed E-state index contributed by atoms with van der Waals surface area (Å²) in [6.07, 6.45) is 10.1. The van der Waals surface area contributed by atoms with Crippen molar-refractivity contribution in [2.45, 2.75) is 12.0 Å². The van der Waals surface area contributed by atoms with Crippen LogP contribution in [0.15, 0.2) is 43.2 Å². The van der Waals surface area contributed by atoms with E-state index in [1.165, 1.54) is 16.9 Å². The molecule has 1 saturated heterocycles. The minimum Gasteiger partial charge on any atom is -0.346 e. The molecule has 0 radical (unpaired) electrons. The van der Waals surface area contributed by atoms with Crippen molar-refractivity contribution in [3.05, 3.63) is 43.2 Å². The summed E-state index contributed by atoms with van der Waals surface area (Å²) < 4.78 is 27.3. The van der Waals surface area contributed by atoms with E-state index in [9.17, 15) is 13.7 Å². The highest BCUT2D eigenvalue weighted by Crippen LogP contribution is 2.41. The lowest BCUT2D eigenvalue weighted by Gasteiger charge is -2.48. The Morgan fingerprint density at radius 1 is 1.28 bits per heavy atom. The van der Waals surface area contributed by atoms with Gasteiger partial charge in [0.05, 0.1) is 35.5 Å². The van der Waals surface area contributed by atoms with Gasteiger partial charge >= 0.3 is 0 Å². The largest absolute Gasteiger partial charge is 0.346 e. The first-order valence-corrected chi connectivity index (χ1v) is 10.8. The van der Waals surface area contributed by atoms with Gasteiger partial charge in [-0.1, -0.05) is 0 Å². The van der Waals surface area contributed by atoms with Crippen LogP contribution >= 0.6 is 0 Å². The van der Waals surface area contributed by atoms with Gasteiger partial charge in [-0.15, -0.1) is 0 Å². The SMILES string of the molecule is CS(=O)(=O)N1CC(CC#N)(n2cc(-c3ncnc4[nH]ccc34)c3cnccc32)C1. The van der Waals surface area contributed by atoms with Crippen LogP contribution in [0.3, 0.4) is 0 Å². The van der Waals surface area contributed by atoms with Crippen LogP contribution in [-0.4, -0.2) is 56.6 Å². The molecule has 0 saturated carbocycles. The number of hydrogen-bond acceptors (Lipinski definition) is 6. The zero-order valence-electron chi connectivity index (χ0n) is 15.6. The molecule has 1 aliphatic heterocycles. The second kappa shape index (κ2) is 6.10. The van der Waals surface area contributed by atoms with E-state index >= 15 is 0 Å². The quantitative estimate of drug-likeness (QED) is 0.551. The molecule has 0 amide bonds. The summed E-state index contributed by atoms with van der Waals surface area (Å²) in [5.41, 5.74) is 2.63. The molecule has 4 aromatic heterocycles. The lowest BCUT2D eigenvalue weighted by atomic mass is 9.88. The number of pyridine rings is 1. The van der Waals surface area contributed by atoms with E-state index in [2.05, 4.69) is 26.0 Å². The van der Waals surface area contributed by atoms with Crippen LogP contribution in [0.5, 0.6) is 0 Å². The Labute approximate surface area is 166 Å². The minimum absolute atomic E-state index is 0.202. The first-order chi connectivity index (χ1) is 13.9. The Kier molecular flexibility index (Phi) is 3.74. The molecule has 0 spiro atoms. The summed E-state index contributed by atoms with van der Waals surface area (Å²) in [7, 11) is -3.31. The van der Waals surface area contributed by atoms with Crippen LogP contribution in [0.1, 0.15) is 6.42 Å². The van der Waals surface area contributed by atoms with Gasteiger partial charge in [-0.3, -0.25) is 4.98 Å². The van der Waals surface area contributed by atoms with E-state index in [0.717, 1.165) is 33.2 Å². The summed E-state index contributed by atoms with van der Waals surface area (Å²) in [6.45, 7) is 0.516.